The standard InChI is InChI=1S/C16H16BrNOS/c17-12-5-6-14(18)16(9-12)20-10-15-13-4-2-1-3-11(13)7-8-19-15/h1-6,9,15H,7-8,10,18H2. The Morgan fingerprint density at radius 1 is 1.25 bits per heavy atom. The van der Waals surface area contributed by atoms with Crippen LogP contribution < -0.4 is 5.73 Å². The van der Waals surface area contributed by atoms with Crippen molar-refractivity contribution in [1.29, 1.82) is 0 Å². The monoisotopic (exact) mass is 349 g/mol. The van der Waals surface area contributed by atoms with Crippen LogP contribution in [0.2, 0.25) is 0 Å². The molecule has 0 aromatic heterocycles. The minimum atomic E-state index is 0.156. The average Bonchev–Trinajstić information content (AvgIpc) is 2.48. The number of rotatable bonds is 3. The topological polar surface area (TPSA) is 35.2 Å². The molecule has 0 saturated carbocycles. The zero-order chi connectivity index (χ0) is 13.9. The zero-order valence-electron chi connectivity index (χ0n) is 11.0. The maximum atomic E-state index is 6.02. The van der Waals surface area contributed by atoms with Crippen LogP contribution in [-0.2, 0) is 11.2 Å². The molecule has 0 radical (unpaired) electrons. The summed E-state index contributed by atoms with van der Waals surface area (Å²) >= 11 is 5.24. The third-order valence-corrected chi connectivity index (χ3v) is 5.09. The first-order valence-corrected chi connectivity index (χ1v) is 8.39. The Balaban J connectivity index is 1.75. The first-order valence-electron chi connectivity index (χ1n) is 6.61. The Morgan fingerprint density at radius 2 is 2.10 bits per heavy atom. The highest BCUT2D eigenvalue weighted by molar-refractivity contribution is 9.10. The van der Waals surface area contributed by atoms with Gasteiger partial charge in [0.15, 0.2) is 0 Å². The average molecular weight is 350 g/mol. The van der Waals surface area contributed by atoms with E-state index in [2.05, 4.69) is 46.3 Å². The summed E-state index contributed by atoms with van der Waals surface area (Å²) in [6.45, 7) is 0.802. The fourth-order valence-electron chi connectivity index (χ4n) is 2.41. The van der Waals surface area contributed by atoms with E-state index in [0.717, 1.165) is 33.8 Å². The predicted molar refractivity (Wildman–Crippen MR) is 88.1 cm³/mol. The molecule has 104 valence electrons. The number of thioether (sulfide) groups is 1. The van der Waals surface area contributed by atoms with Crippen molar-refractivity contribution < 1.29 is 4.74 Å². The van der Waals surface area contributed by atoms with Crippen LogP contribution in [0, 0.1) is 0 Å². The van der Waals surface area contributed by atoms with Gasteiger partial charge in [-0.05, 0) is 35.7 Å². The van der Waals surface area contributed by atoms with E-state index in [0.29, 0.717) is 0 Å². The molecule has 1 aliphatic heterocycles. The van der Waals surface area contributed by atoms with Gasteiger partial charge in [-0.2, -0.15) is 0 Å². The van der Waals surface area contributed by atoms with E-state index in [1.807, 2.05) is 12.1 Å². The second-order valence-corrected chi connectivity index (χ2v) is 6.78. The fraction of sp³-hybridized carbons (Fsp3) is 0.250. The first-order chi connectivity index (χ1) is 9.74. The number of halogens is 1. The van der Waals surface area contributed by atoms with Crippen LogP contribution in [0.4, 0.5) is 5.69 Å². The van der Waals surface area contributed by atoms with Gasteiger partial charge in [-0.25, -0.2) is 0 Å². The Kier molecular flexibility index (Phi) is 4.34. The van der Waals surface area contributed by atoms with Gasteiger partial charge in [-0.1, -0.05) is 40.2 Å². The molecule has 1 unspecified atom stereocenters. The number of hydrogen-bond donors (Lipinski definition) is 1. The van der Waals surface area contributed by atoms with Gasteiger partial charge in [-0.3, -0.25) is 0 Å². The molecule has 0 bridgehead atoms. The lowest BCUT2D eigenvalue weighted by atomic mass is 9.99. The minimum Gasteiger partial charge on any atom is -0.398 e. The molecule has 2 N–H and O–H groups in total. The lowest BCUT2D eigenvalue weighted by Gasteiger charge is -2.26. The maximum Gasteiger partial charge on any atom is 0.0921 e. The van der Waals surface area contributed by atoms with Crippen LogP contribution in [0.15, 0.2) is 51.8 Å². The number of nitrogens with two attached hydrogens (primary N) is 1. The van der Waals surface area contributed by atoms with Crippen molar-refractivity contribution in [3.05, 3.63) is 58.1 Å². The van der Waals surface area contributed by atoms with Crippen LogP contribution in [0.5, 0.6) is 0 Å². The zero-order valence-corrected chi connectivity index (χ0v) is 13.4. The van der Waals surface area contributed by atoms with Gasteiger partial charge in [0.1, 0.15) is 0 Å². The fourth-order valence-corrected chi connectivity index (χ4v) is 3.98. The smallest absolute Gasteiger partial charge is 0.0921 e. The highest BCUT2D eigenvalue weighted by Crippen LogP contribution is 2.35. The number of anilines is 1. The summed E-state index contributed by atoms with van der Waals surface area (Å²) in [7, 11) is 0. The van der Waals surface area contributed by atoms with Crippen LogP contribution in [0.1, 0.15) is 17.2 Å². The molecule has 2 aromatic carbocycles. The Morgan fingerprint density at radius 3 is 3.00 bits per heavy atom. The Bertz CT molecular complexity index is 617. The van der Waals surface area contributed by atoms with Gasteiger partial charge >= 0.3 is 0 Å². The summed E-state index contributed by atoms with van der Waals surface area (Å²) < 4.78 is 6.98. The van der Waals surface area contributed by atoms with Crippen molar-refractivity contribution in [2.45, 2.75) is 17.4 Å². The molecule has 1 aliphatic rings. The van der Waals surface area contributed by atoms with Crippen molar-refractivity contribution >= 4 is 33.4 Å². The van der Waals surface area contributed by atoms with E-state index in [1.165, 1.54) is 11.1 Å². The molecule has 0 aliphatic carbocycles. The third kappa shape index (κ3) is 3.03. The van der Waals surface area contributed by atoms with Crippen LogP contribution in [0.25, 0.3) is 0 Å². The summed E-state index contributed by atoms with van der Waals surface area (Å²) in [4.78, 5) is 1.10. The molecule has 3 rings (SSSR count). The Labute approximate surface area is 131 Å². The molecule has 20 heavy (non-hydrogen) atoms. The molecule has 4 heteroatoms. The predicted octanol–water partition coefficient (Wildman–Crippen LogP) is 4.44. The summed E-state index contributed by atoms with van der Waals surface area (Å²) in [6.07, 6.45) is 1.17. The largest absolute Gasteiger partial charge is 0.398 e. The van der Waals surface area contributed by atoms with E-state index in [1.54, 1.807) is 11.8 Å². The highest BCUT2D eigenvalue weighted by atomic mass is 79.9. The molecule has 0 spiro atoms. The lowest BCUT2D eigenvalue weighted by molar-refractivity contribution is 0.0588. The van der Waals surface area contributed by atoms with Crippen molar-refractivity contribution in [2.75, 3.05) is 18.1 Å². The van der Waals surface area contributed by atoms with Gasteiger partial charge < -0.3 is 10.5 Å². The van der Waals surface area contributed by atoms with Crippen molar-refractivity contribution in [3.8, 4) is 0 Å². The lowest BCUT2D eigenvalue weighted by Crippen LogP contribution is -2.17. The van der Waals surface area contributed by atoms with Gasteiger partial charge in [0.2, 0.25) is 0 Å². The van der Waals surface area contributed by atoms with Gasteiger partial charge in [0, 0.05) is 20.8 Å². The molecule has 0 amide bonds. The number of benzene rings is 2. The third-order valence-electron chi connectivity index (χ3n) is 3.46. The number of fused-ring (bicyclic) bond motifs is 1. The maximum absolute atomic E-state index is 6.02. The molecule has 0 fully saturated rings. The normalized spacial score (nSPS) is 17.8. The molecular formula is C16H16BrNOS. The molecule has 2 aromatic rings. The number of ether oxygens (including phenoxy) is 1. The van der Waals surface area contributed by atoms with Crippen LogP contribution in [-0.4, -0.2) is 12.4 Å². The van der Waals surface area contributed by atoms with E-state index < -0.39 is 0 Å². The molecular weight excluding hydrogens is 334 g/mol. The van der Waals surface area contributed by atoms with Crippen molar-refractivity contribution in [1.82, 2.24) is 0 Å². The van der Waals surface area contributed by atoms with E-state index in [9.17, 15) is 0 Å². The van der Waals surface area contributed by atoms with Crippen LogP contribution >= 0.6 is 27.7 Å². The quantitative estimate of drug-likeness (QED) is 0.657. The number of nitrogen functional groups attached to an aromatic ring is 1. The van der Waals surface area contributed by atoms with Gasteiger partial charge in [-0.15, -0.1) is 11.8 Å². The molecule has 1 atom stereocenters. The minimum absolute atomic E-state index is 0.156. The SMILES string of the molecule is Nc1ccc(Br)cc1SCC1OCCc2ccccc21. The second-order valence-electron chi connectivity index (χ2n) is 4.80. The molecule has 2 nitrogen and oxygen atoms in total. The summed E-state index contributed by atoms with van der Waals surface area (Å²) in [5.74, 6) is 0.887. The molecule has 1 heterocycles. The van der Waals surface area contributed by atoms with Gasteiger partial charge in [0.25, 0.3) is 0 Å². The summed E-state index contributed by atoms with van der Waals surface area (Å²) in [5, 5.41) is 0. The summed E-state index contributed by atoms with van der Waals surface area (Å²) in [6, 6.07) is 14.5. The number of hydrogen-bond acceptors (Lipinski definition) is 3. The van der Waals surface area contributed by atoms with E-state index >= 15 is 0 Å². The first kappa shape index (κ1) is 14.0. The Hall–Kier alpha value is -0.970. The van der Waals surface area contributed by atoms with Gasteiger partial charge in [0.05, 0.1) is 12.7 Å². The van der Waals surface area contributed by atoms with E-state index in [4.69, 9.17) is 10.5 Å². The van der Waals surface area contributed by atoms with Crippen LogP contribution in [0.3, 0.4) is 0 Å². The molecule has 0 saturated heterocycles. The second kappa shape index (κ2) is 6.20. The highest BCUT2D eigenvalue weighted by Gasteiger charge is 2.20. The van der Waals surface area contributed by atoms with E-state index in [-0.39, 0.29) is 6.10 Å². The van der Waals surface area contributed by atoms with Crippen molar-refractivity contribution in [2.24, 2.45) is 0 Å². The van der Waals surface area contributed by atoms with Crippen molar-refractivity contribution in [3.63, 3.8) is 0 Å². The summed E-state index contributed by atoms with van der Waals surface area (Å²) in [5.41, 5.74) is 9.57.